The maximum absolute atomic E-state index is 12.2. The number of amides is 2. The summed E-state index contributed by atoms with van der Waals surface area (Å²) in [5.74, 6) is 1.23. The zero-order chi connectivity index (χ0) is 13.9. The maximum Gasteiger partial charge on any atom is 0.317 e. The Bertz CT molecular complexity index is 465. The molecule has 2 fully saturated rings. The monoisotopic (exact) mass is 293 g/mol. The van der Waals surface area contributed by atoms with Crippen LogP contribution in [0.15, 0.2) is 24.3 Å². The summed E-state index contributed by atoms with van der Waals surface area (Å²) in [7, 11) is 0. The lowest BCUT2D eigenvalue weighted by Crippen LogP contribution is -2.54. The van der Waals surface area contributed by atoms with Crippen molar-refractivity contribution >= 4 is 17.6 Å². The highest BCUT2D eigenvalue weighted by Gasteiger charge is 2.32. The van der Waals surface area contributed by atoms with Gasteiger partial charge in [0.2, 0.25) is 0 Å². The number of urea groups is 1. The van der Waals surface area contributed by atoms with Gasteiger partial charge in [-0.2, -0.15) is 0 Å². The molecule has 2 N–H and O–H groups in total. The molecule has 108 valence electrons. The van der Waals surface area contributed by atoms with E-state index in [-0.39, 0.29) is 6.03 Å². The van der Waals surface area contributed by atoms with Crippen molar-refractivity contribution in [2.45, 2.75) is 13.0 Å². The lowest BCUT2D eigenvalue weighted by molar-refractivity contribution is 0.113. The summed E-state index contributed by atoms with van der Waals surface area (Å²) >= 11 is 5.85. The zero-order valence-corrected chi connectivity index (χ0v) is 12.2. The van der Waals surface area contributed by atoms with E-state index in [1.54, 1.807) is 0 Å². The zero-order valence-electron chi connectivity index (χ0n) is 11.4. The Morgan fingerprint density at radius 1 is 1.25 bits per heavy atom. The summed E-state index contributed by atoms with van der Waals surface area (Å²) in [5, 5.41) is 7.16. The Morgan fingerprint density at radius 3 is 2.55 bits per heavy atom. The second kappa shape index (κ2) is 6.02. The van der Waals surface area contributed by atoms with Gasteiger partial charge in [-0.1, -0.05) is 23.7 Å². The molecule has 1 aromatic carbocycles. The molecule has 2 bridgehead atoms. The third-order valence-corrected chi connectivity index (χ3v) is 4.39. The van der Waals surface area contributed by atoms with E-state index < -0.39 is 0 Å². The molecule has 4 nitrogen and oxygen atoms in total. The van der Waals surface area contributed by atoms with Crippen LogP contribution in [0.2, 0.25) is 5.02 Å². The molecule has 2 aliphatic rings. The van der Waals surface area contributed by atoms with E-state index in [4.69, 9.17) is 11.6 Å². The molecule has 0 aromatic heterocycles. The molecule has 2 aliphatic heterocycles. The number of nitrogens with one attached hydrogen (secondary N) is 2. The van der Waals surface area contributed by atoms with Crippen LogP contribution in [0.25, 0.3) is 0 Å². The average molecular weight is 294 g/mol. The third kappa shape index (κ3) is 3.25. The van der Waals surface area contributed by atoms with E-state index in [1.807, 2.05) is 29.2 Å². The van der Waals surface area contributed by atoms with Gasteiger partial charge in [0, 0.05) is 24.7 Å². The van der Waals surface area contributed by atoms with Crippen molar-refractivity contribution in [3.8, 4) is 0 Å². The third-order valence-electron chi connectivity index (χ3n) is 4.13. The van der Waals surface area contributed by atoms with Crippen LogP contribution in [0.4, 0.5) is 4.79 Å². The lowest BCUT2D eigenvalue weighted by atomic mass is 9.86. The van der Waals surface area contributed by atoms with Crippen molar-refractivity contribution in [1.82, 2.24) is 15.5 Å². The number of likely N-dealkylation sites (tertiary alicyclic amines) is 1. The molecule has 2 atom stereocenters. The molecule has 5 heteroatoms. The van der Waals surface area contributed by atoms with Crippen LogP contribution in [0.5, 0.6) is 0 Å². The quantitative estimate of drug-likeness (QED) is 0.877. The average Bonchev–Trinajstić information content (AvgIpc) is 2.46. The molecular formula is C15H20ClN3O. The fourth-order valence-electron chi connectivity index (χ4n) is 3.16. The molecule has 2 unspecified atom stereocenters. The molecular weight excluding hydrogens is 274 g/mol. The minimum absolute atomic E-state index is 0.0524. The first kappa shape index (κ1) is 13.7. The standard InChI is InChI=1S/C15H20ClN3O/c16-14-3-1-11(2-4-14)8-18-15(20)19-9-12-5-13(10-19)7-17-6-12/h1-4,12-13,17H,5-10H2,(H,18,20). The highest BCUT2D eigenvalue weighted by Crippen LogP contribution is 2.24. The van der Waals surface area contributed by atoms with Gasteiger partial charge in [-0.3, -0.25) is 0 Å². The molecule has 3 rings (SSSR count). The summed E-state index contributed by atoms with van der Waals surface area (Å²) in [5.41, 5.74) is 1.07. The molecule has 0 spiro atoms. The van der Waals surface area contributed by atoms with Gasteiger partial charge >= 0.3 is 6.03 Å². The van der Waals surface area contributed by atoms with Crippen molar-refractivity contribution in [1.29, 1.82) is 0 Å². The normalized spacial score (nSPS) is 25.4. The van der Waals surface area contributed by atoms with Gasteiger partial charge in [-0.25, -0.2) is 4.79 Å². The molecule has 1 aromatic rings. The Kier molecular flexibility index (Phi) is 4.13. The maximum atomic E-state index is 12.2. The van der Waals surface area contributed by atoms with Crippen molar-refractivity contribution < 1.29 is 4.79 Å². The molecule has 0 radical (unpaired) electrons. The van der Waals surface area contributed by atoms with Crippen LogP contribution < -0.4 is 10.6 Å². The van der Waals surface area contributed by atoms with Crippen molar-refractivity contribution in [3.05, 3.63) is 34.9 Å². The molecule has 2 saturated heterocycles. The number of fused-ring (bicyclic) bond motifs is 2. The van der Waals surface area contributed by atoms with E-state index in [0.717, 1.165) is 36.8 Å². The Morgan fingerprint density at radius 2 is 1.90 bits per heavy atom. The van der Waals surface area contributed by atoms with E-state index in [9.17, 15) is 4.79 Å². The number of carbonyl (C=O) groups excluding carboxylic acids is 1. The van der Waals surface area contributed by atoms with Gasteiger partial charge < -0.3 is 15.5 Å². The van der Waals surface area contributed by atoms with Crippen LogP contribution in [0.3, 0.4) is 0 Å². The fourth-order valence-corrected chi connectivity index (χ4v) is 3.29. The SMILES string of the molecule is O=C(NCc1ccc(Cl)cc1)N1CC2CNCC(C2)C1. The van der Waals surface area contributed by atoms with Gasteiger partial charge in [0.05, 0.1) is 0 Å². The summed E-state index contributed by atoms with van der Waals surface area (Å²) < 4.78 is 0. The number of piperidine rings is 2. The predicted octanol–water partition coefficient (Wildman–Crippen LogP) is 2.09. The van der Waals surface area contributed by atoms with Crippen molar-refractivity contribution in [2.75, 3.05) is 26.2 Å². The Labute approximate surface area is 124 Å². The smallest absolute Gasteiger partial charge is 0.317 e. The van der Waals surface area contributed by atoms with E-state index in [2.05, 4.69) is 10.6 Å². The fraction of sp³-hybridized carbons (Fsp3) is 0.533. The molecule has 20 heavy (non-hydrogen) atoms. The van der Waals surface area contributed by atoms with Gasteiger partial charge in [0.25, 0.3) is 0 Å². The van der Waals surface area contributed by atoms with Crippen LogP contribution in [0.1, 0.15) is 12.0 Å². The Balaban J connectivity index is 1.52. The van der Waals surface area contributed by atoms with E-state index >= 15 is 0 Å². The highest BCUT2D eigenvalue weighted by molar-refractivity contribution is 6.30. The minimum Gasteiger partial charge on any atom is -0.334 e. The largest absolute Gasteiger partial charge is 0.334 e. The van der Waals surface area contributed by atoms with Gasteiger partial charge in [0.15, 0.2) is 0 Å². The number of benzene rings is 1. The first-order valence-electron chi connectivity index (χ1n) is 7.18. The van der Waals surface area contributed by atoms with Crippen molar-refractivity contribution in [3.63, 3.8) is 0 Å². The highest BCUT2D eigenvalue weighted by atomic mass is 35.5. The molecule has 0 saturated carbocycles. The Hall–Kier alpha value is -1.26. The number of hydrogen-bond donors (Lipinski definition) is 2. The number of rotatable bonds is 2. The predicted molar refractivity (Wildman–Crippen MR) is 79.7 cm³/mol. The number of hydrogen-bond acceptors (Lipinski definition) is 2. The van der Waals surface area contributed by atoms with E-state index in [0.29, 0.717) is 18.4 Å². The van der Waals surface area contributed by atoms with E-state index in [1.165, 1.54) is 6.42 Å². The minimum atomic E-state index is 0.0524. The molecule has 2 amide bonds. The van der Waals surface area contributed by atoms with Crippen LogP contribution in [-0.4, -0.2) is 37.1 Å². The first-order chi connectivity index (χ1) is 9.70. The second-order valence-electron chi connectivity index (χ2n) is 5.82. The first-order valence-corrected chi connectivity index (χ1v) is 7.56. The summed E-state index contributed by atoms with van der Waals surface area (Å²) in [6.07, 6.45) is 1.26. The van der Waals surface area contributed by atoms with Crippen LogP contribution >= 0.6 is 11.6 Å². The second-order valence-corrected chi connectivity index (χ2v) is 6.25. The summed E-state index contributed by atoms with van der Waals surface area (Å²) in [4.78, 5) is 14.2. The van der Waals surface area contributed by atoms with Gasteiger partial charge in [-0.15, -0.1) is 0 Å². The topological polar surface area (TPSA) is 44.4 Å². The van der Waals surface area contributed by atoms with Gasteiger partial charge in [-0.05, 0) is 49.0 Å². The van der Waals surface area contributed by atoms with Crippen molar-refractivity contribution in [2.24, 2.45) is 11.8 Å². The summed E-state index contributed by atoms with van der Waals surface area (Å²) in [6.45, 7) is 4.38. The molecule has 2 heterocycles. The number of halogens is 1. The van der Waals surface area contributed by atoms with Crippen LogP contribution in [-0.2, 0) is 6.54 Å². The summed E-state index contributed by atoms with van der Waals surface area (Å²) in [6, 6.07) is 7.63. The van der Waals surface area contributed by atoms with Crippen LogP contribution in [0, 0.1) is 11.8 Å². The number of nitrogens with zero attached hydrogens (tertiary/aromatic N) is 1. The lowest BCUT2D eigenvalue weighted by Gasteiger charge is -2.41. The molecule has 0 aliphatic carbocycles. The number of carbonyl (C=O) groups is 1. The van der Waals surface area contributed by atoms with Gasteiger partial charge in [0.1, 0.15) is 0 Å².